The average molecular weight is 282 g/mol. The van der Waals surface area contributed by atoms with E-state index in [0.29, 0.717) is 16.9 Å². The van der Waals surface area contributed by atoms with E-state index in [0.717, 1.165) is 11.8 Å². The summed E-state index contributed by atoms with van der Waals surface area (Å²) in [6.07, 6.45) is 7.11. The van der Waals surface area contributed by atoms with Crippen molar-refractivity contribution in [3.63, 3.8) is 0 Å². The Hall–Kier alpha value is -0.0400. The van der Waals surface area contributed by atoms with Crippen LogP contribution in [-0.2, 0) is 0 Å². The molecule has 0 bridgehead atoms. The molecule has 120 valence electrons. The van der Waals surface area contributed by atoms with Gasteiger partial charge in [-0.05, 0) is 69.4 Å². The van der Waals surface area contributed by atoms with Crippen LogP contribution in [0, 0.1) is 22.7 Å². The van der Waals surface area contributed by atoms with E-state index in [9.17, 15) is 0 Å². The monoisotopic (exact) mass is 281 g/mol. The first-order valence-corrected chi connectivity index (χ1v) is 8.76. The lowest BCUT2D eigenvalue weighted by atomic mass is 9.57. The summed E-state index contributed by atoms with van der Waals surface area (Å²) in [5.41, 5.74) is 0.938. The highest BCUT2D eigenvalue weighted by atomic mass is 15.1. The van der Waals surface area contributed by atoms with Gasteiger partial charge in [0.1, 0.15) is 0 Å². The van der Waals surface area contributed by atoms with Gasteiger partial charge in [-0.1, -0.05) is 47.5 Å². The van der Waals surface area contributed by atoms with Crippen LogP contribution >= 0.6 is 0 Å². The Balaban J connectivity index is 2.72. The van der Waals surface area contributed by atoms with Crippen LogP contribution in [0.5, 0.6) is 0 Å². The molecule has 1 nitrogen and oxygen atoms in total. The maximum Gasteiger partial charge on any atom is 0.00355 e. The van der Waals surface area contributed by atoms with Gasteiger partial charge in [0.05, 0.1) is 0 Å². The van der Waals surface area contributed by atoms with Gasteiger partial charge < -0.3 is 4.90 Å². The van der Waals surface area contributed by atoms with Crippen molar-refractivity contribution in [1.82, 2.24) is 4.90 Å². The molecule has 1 rings (SSSR count). The van der Waals surface area contributed by atoms with E-state index >= 15 is 0 Å². The summed E-state index contributed by atoms with van der Waals surface area (Å²) < 4.78 is 0. The van der Waals surface area contributed by atoms with Crippen LogP contribution in [0.4, 0.5) is 0 Å². The maximum atomic E-state index is 2.52. The fourth-order valence-corrected chi connectivity index (χ4v) is 4.01. The molecule has 2 unspecified atom stereocenters. The van der Waals surface area contributed by atoms with E-state index in [-0.39, 0.29) is 0 Å². The minimum absolute atomic E-state index is 0.465. The Morgan fingerprint density at radius 3 is 1.90 bits per heavy atom. The molecular weight excluding hydrogens is 242 g/mol. The highest BCUT2D eigenvalue weighted by Crippen LogP contribution is 2.50. The van der Waals surface area contributed by atoms with Gasteiger partial charge in [-0.15, -0.1) is 0 Å². The quantitative estimate of drug-likeness (QED) is 0.634. The highest BCUT2D eigenvalue weighted by Gasteiger charge is 2.41. The molecule has 1 aliphatic rings. The standard InChI is InChI=1S/C19H39N/c1-15(2)20(8)14-13-19(6,7)17-12-10-9-11-16(17)18(3,4)5/h15-17H,9-14H2,1-8H3. The van der Waals surface area contributed by atoms with Crippen molar-refractivity contribution in [2.45, 2.75) is 86.6 Å². The molecule has 0 radical (unpaired) electrons. The summed E-state index contributed by atoms with van der Waals surface area (Å²) in [6.45, 7) is 18.2. The maximum absolute atomic E-state index is 2.52. The highest BCUT2D eigenvalue weighted by molar-refractivity contribution is 4.91. The summed E-state index contributed by atoms with van der Waals surface area (Å²) in [5.74, 6) is 1.80. The fraction of sp³-hybridized carbons (Fsp3) is 1.00. The molecule has 0 aromatic carbocycles. The first-order valence-electron chi connectivity index (χ1n) is 8.76. The van der Waals surface area contributed by atoms with E-state index in [2.05, 4.69) is 60.4 Å². The van der Waals surface area contributed by atoms with Crippen LogP contribution in [0.2, 0.25) is 0 Å². The normalized spacial score (nSPS) is 25.5. The van der Waals surface area contributed by atoms with Crippen molar-refractivity contribution >= 4 is 0 Å². The molecule has 0 spiro atoms. The third kappa shape index (κ3) is 4.76. The largest absolute Gasteiger partial charge is 0.304 e. The van der Waals surface area contributed by atoms with Gasteiger partial charge in [0.2, 0.25) is 0 Å². The summed E-state index contributed by atoms with van der Waals surface area (Å²) in [7, 11) is 2.27. The van der Waals surface area contributed by atoms with Gasteiger partial charge in [0.25, 0.3) is 0 Å². The van der Waals surface area contributed by atoms with E-state index < -0.39 is 0 Å². The van der Waals surface area contributed by atoms with Crippen LogP contribution in [-0.4, -0.2) is 24.5 Å². The first-order chi connectivity index (χ1) is 9.05. The van der Waals surface area contributed by atoms with Crippen LogP contribution in [0.25, 0.3) is 0 Å². The zero-order valence-electron chi connectivity index (χ0n) is 15.4. The lowest BCUT2D eigenvalue weighted by Gasteiger charge is -2.48. The molecule has 1 heteroatoms. The molecule has 1 saturated carbocycles. The molecule has 20 heavy (non-hydrogen) atoms. The number of hydrogen-bond acceptors (Lipinski definition) is 1. The number of hydrogen-bond donors (Lipinski definition) is 0. The minimum atomic E-state index is 0.465. The van der Waals surface area contributed by atoms with Gasteiger partial charge in [0.15, 0.2) is 0 Å². The Morgan fingerprint density at radius 2 is 1.45 bits per heavy atom. The summed E-state index contributed by atoms with van der Waals surface area (Å²) in [6, 6.07) is 0.663. The first kappa shape index (κ1) is 18.0. The van der Waals surface area contributed by atoms with E-state index in [1.54, 1.807) is 0 Å². The summed E-state index contributed by atoms with van der Waals surface area (Å²) in [4.78, 5) is 2.50. The fourth-order valence-electron chi connectivity index (χ4n) is 4.01. The third-order valence-electron chi connectivity index (χ3n) is 5.87. The molecule has 0 aliphatic heterocycles. The molecule has 0 N–H and O–H groups in total. The summed E-state index contributed by atoms with van der Waals surface area (Å²) in [5, 5.41) is 0. The number of rotatable bonds is 5. The molecular formula is C19H39N. The van der Waals surface area contributed by atoms with Gasteiger partial charge in [-0.3, -0.25) is 0 Å². The van der Waals surface area contributed by atoms with Gasteiger partial charge >= 0.3 is 0 Å². The van der Waals surface area contributed by atoms with Crippen molar-refractivity contribution in [3.05, 3.63) is 0 Å². The second-order valence-corrected chi connectivity index (χ2v) is 9.18. The Kier molecular flexibility index (Phi) is 6.14. The lowest BCUT2D eigenvalue weighted by molar-refractivity contribution is 0.0138. The molecule has 0 heterocycles. The Labute approximate surface area is 128 Å². The molecule has 1 aliphatic carbocycles. The zero-order valence-corrected chi connectivity index (χ0v) is 15.4. The van der Waals surface area contributed by atoms with Gasteiger partial charge in [-0.25, -0.2) is 0 Å². The Bertz CT molecular complexity index is 285. The van der Waals surface area contributed by atoms with Crippen LogP contribution in [0.3, 0.4) is 0 Å². The SMILES string of the molecule is CC(C)N(C)CCC(C)(C)C1CCCCC1C(C)(C)C. The smallest absolute Gasteiger partial charge is 0.00355 e. The van der Waals surface area contributed by atoms with E-state index in [1.807, 2.05) is 0 Å². The van der Waals surface area contributed by atoms with Crippen molar-refractivity contribution in [3.8, 4) is 0 Å². The third-order valence-corrected chi connectivity index (χ3v) is 5.87. The molecule has 0 aromatic heterocycles. The average Bonchev–Trinajstić information content (AvgIpc) is 2.35. The molecule has 1 fully saturated rings. The van der Waals surface area contributed by atoms with E-state index in [1.165, 1.54) is 38.6 Å². The summed E-state index contributed by atoms with van der Waals surface area (Å²) >= 11 is 0. The van der Waals surface area contributed by atoms with Crippen molar-refractivity contribution in [2.24, 2.45) is 22.7 Å². The molecule has 0 aromatic rings. The second kappa shape index (κ2) is 6.81. The van der Waals surface area contributed by atoms with Gasteiger partial charge in [-0.2, -0.15) is 0 Å². The molecule has 0 amide bonds. The topological polar surface area (TPSA) is 3.24 Å². The van der Waals surface area contributed by atoms with Crippen molar-refractivity contribution < 1.29 is 0 Å². The van der Waals surface area contributed by atoms with Crippen molar-refractivity contribution in [1.29, 1.82) is 0 Å². The minimum Gasteiger partial charge on any atom is -0.304 e. The zero-order chi connectivity index (χ0) is 15.6. The van der Waals surface area contributed by atoms with Crippen LogP contribution in [0.15, 0.2) is 0 Å². The van der Waals surface area contributed by atoms with Gasteiger partial charge in [0, 0.05) is 6.04 Å². The van der Waals surface area contributed by atoms with Crippen LogP contribution < -0.4 is 0 Å². The molecule has 0 saturated heterocycles. The van der Waals surface area contributed by atoms with E-state index in [4.69, 9.17) is 0 Å². The molecule has 2 atom stereocenters. The van der Waals surface area contributed by atoms with Crippen LogP contribution in [0.1, 0.15) is 80.6 Å². The number of nitrogens with zero attached hydrogens (tertiary/aromatic N) is 1. The Morgan fingerprint density at radius 1 is 0.950 bits per heavy atom. The lowest BCUT2D eigenvalue weighted by Crippen LogP contribution is -2.41. The predicted molar refractivity (Wildman–Crippen MR) is 91.1 cm³/mol. The second-order valence-electron chi connectivity index (χ2n) is 9.18. The van der Waals surface area contributed by atoms with Crippen molar-refractivity contribution in [2.75, 3.05) is 13.6 Å². The predicted octanol–water partition coefficient (Wildman–Crippen LogP) is 5.60.